The molecular weight excluding hydrogens is 456 g/mol. The number of hydrogen-bond donors (Lipinski definition) is 1. The van der Waals surface area contributed by atoms with Crippen LogP contribution in [0.4, 0.5) is 0 Å². The molecule has 5 nitrogen and oxygen atoms in total. The summed E-state index contributed by atoms with van der Waals surface area (Å²) in [4.78, 5) is 17.2. The first-order valence-electron chi connectivity index (χ1n) is 9.99. The van der Waals surface area contributed by atoms with Crippen molar-refractivity contribution in [2.75, 3.05) is 0 Å². The first kappa shape index (κ1) is 21.1. The number of halogens is 1. The Hall–Kier alpha value is -3.12. The van der Waals surface area contributed by atoms with Gasteiger partial charge in [0.15, 0.2) is 11.2 Å². The van der Waals surface area contributed by atoms with Crippen LogP contribution in [-0.2, 0) is 11.3 Å². The summed E-state index contributed by atoms with van der Waals surface area (Å²) < 4.78 is 12.7. The molecule has 1 heterocycles. The highest BCUT2D eigenvalue weighted by atomic mass is 79.9. The molecule has 158 valence electrons. The van der Waals surface area contributed by atoms with E-state index in [-0.39, 0.29) is 5.91 Å². The Morgan fingerprint density at radius 1 is 1.06 bits per heavy atom. The summed E-state index contributed by atoms with van der Waals surface area (Å²) in [7, 11) is 0. The van der Waals surface area contributed by atoms with Gasteiger partial charge in [0.1, 0.15) is 11.3 Å². The predicted molar refractivity (Wildman–Crippen MR) is 125 cm³/mol. The van der Waals surface area contributed by atoms with Gasteiger partial charge < -0.3 is 14.5 Å². The molecule has 1 N–H and O–H groups in total. The summed E-state index contributed by atoms with van der Waals surface area (Å²) in [5, 5.41) is 2.95. The lowest BCUT2D eigenvalue weighted by Gasteiger charge is -2.25. The van der Waals surface area contributed by atoms with Gasteiger partial charge in [0.2, 0.25) is 5.89 Å². The van der Waals surface area contributed by atoms with Crippen molar-refractivity contribution >= 4 is 32.9 Å². The second-order valence-electron chi connectivity index (χ2n) is 7.94. The maximum Gasteiger partial charge on any atom is 0.263 e. The molecule has 1 amide bonds. The van der Waals surface area contributed by atoms with Crippen molar-refractivity contribution in [1.82, 2.24) is 10.3 Å². The summed E-state index contributed by atoms with van der Waals surface area (Å²) in [6.45, 7) is 5.93. The van der Waals surface area contributed by atoms with Crippen LogP contribution in [0.1, 0.15) is 25.0 Å². The minimum atomic E-state index is -0.996. The average molecular weight is 479 g/mol. The third kappa shape index (κ3) is 4.97. The van der Waals surface area contributed by atoms with E-state index in [0.29, 0.717) is 18.2 Å². The van der Waals surface area contributed by atoms with Crippen molar-refractivity contribution in [2.24, 2.45) is 0 Å². The van der Waals surface area contributed by atoms with E-state index in [0.717, 1.165) is 32.3 Å². The number of carbonyl (C=O) groups is 1. The van der Waals surface area contributed by atoms with Gasteiger partial charge in [-0.3, -0.25) is 4.79 Å². The van der Waals surface area contributed by atoms with E-state index in [1.807, 2.05) is 73.7 Å². The van der Waals surface area contributed by atoms with E-state index in [9.17, 15) is 4.79 Å². The number of carbonyl (C=O) groups excluding carboxylic acids is 1. The smallest absolute Gasteiger partial charge is 0.263 e. The highest BCUT2D eigenvalue weighted by Crippen LogP contribution is 2.25. The third-order valence-corrected chi connectivity index (χ3v) is 5.46. The molecule has 0 bridgehead atoms. The van der Waals surface area contributed by atoms with Gasteiger partial charge in [-0.25, -0.2) is 4.98 Å². The van der Waals surface area contributed by atoms with Gasteiger partial charge in [-0.05, 0) is 80.4 Å². The summed E-state index contributed by atoms with van der Waals surface area (Å²) >= 11 is 3.39. The molecule has 0 aliphatic rings. The molecule has 31 heavy (non-hydrogen) atoms. The number of amides is 1. The topological polar surface area (TPSA) is 64.4 Å². The van der Waals surface area contributed by atoms with Gasteiger partial charge in [0, 0.05) is 16.6 Å². The Morgan fingerprint density at radius 3 is 2.48 bits per heavy atom. The summed E-state index contributed by atoms with van der Waals surface area (Å²) in [5.41, 5.74) is 3.62. The lowest BCUT2D eigenvalue weighted by atomic mass is 10.1. The zero-order chi connectivity index (χ0) is 22.0. The number of rotatable bonds is 6. The molecule has 0 saturated heterocycles. The maximum atomic E-state index is 12.7. The third-order valence-electron chi connectivity index (χ3n) is 4.93. The number of nitrogens with one attached hydrogen (secondary N) is 1. The second kappa shape index (κ2) is 8.55. The van der Waals surface area contributed by atoms with Crippen LogP contribution in [0.25, 0.3) is 22.6 Å². The predicted octanol–water partition coefficient (Wildman–Crippen LogP) is 6.04. The lowest BCUT2D eigenvalue weighted by Crippen LogP contribution is -2.46. The second-order valence-corrected chi connectivity index (χ2v) is 8.85. The van der Waals surface area contributed by atoms with E-state index in [2.05, 4.69) is 26.2 Å². The van der Waals surface area contributed by atoms with Crippen LogP contribution < -0.4 is 10.1 Å². The number of aromatic nitrogens is 1. The largest absolute Gasteiger partial charge is 0.478 e. The normalized spacial score (nSPS) is 11.5. The highest BCUT2D eigenvalue weighted by molar-refractivity contribution is 9.10. The molecule has 0 aliphatic heterocycles. The molecule has 0 saturated carbocycles. The van der Waals surface area contributed by atoms with Crippen LogP contribution in [0.2, 0.25) is 0 Å². The Morgan fingerprint density at radius 2 is 1.77 bits per heavy atom. The Balaban J connectivity index is 1.39. The molecule has 1 aromatic heterocycles. The minimum absolute atomic E-state index is 0.186. The van der Waals surface area contributed by atoms with E-state index < -0.39 is 5.60 Å². The van der Waals surface area contributed by atoms with E-state index in [1.165, 1.54) is 0 Å². The van der Waals surface area contributed by atoms with Gasteiger partial charge in [0.25, 0.3) is 5.91 Å². The van der Waals surface area contributed by atoms with Crippen molar-refractivity contribution in [2.45, 2.75) is 32.9 Å². The Labute approximate surface area is 189 Å². The molecule has 0 spiro atoms. The molecular formula is C25H23BrN2O3. The van der Waals surface area contributed by atoms with Crippen LogP contribution in [0.5, 0.6) is 5.75 Å². The Kier molecular flexibility index (Phi) is 5.83. The van der Waals surface area contributed by atoms with Crippen molar-refractivity contribution in [3.8, 4) is 17.2 Å². The molecule has 4 rings (SSSR count). The SMILES string of the molecule is Cc1ccc2nc(-c3ccc(CNC(=O)C(C)(C)Oc4ccc(Br)cc4)cc3)oc2c1. The van der Waals surface area contributed by atoms with E-state index in [4.69, 9.17) is 9.15 Å². The summed E-state index contributed by atoms with van der Waals surface area (Å²) in [6, 6.07) is 21.2. The average Bonchev–Trinajstić information content (AvgIpc) is 3.17. The quantitative estimate of drug-likeness (QED) is 0.366. The van der Waals surface area contributed by atoms with Gasteiger partial charge in [-0.1, -0.05) is 34.1 Å². The fraction of sp³-hybridized carbons (Fsp3) is 0.200. The van der Waals surface area contributed by atoms with Gasteiger partial charge in [-0.2, -0.15) is 0 Å². The molecule has 3 aromatic carbocycles. The van der Waals surface area contributed by atoms with Crippen LogP contribution in [-0.4, -0.2) is 16.5 Å². The van der Waals surface area contributed by atoms with Crippen molar-refractivity contribution in [1.29, 1.82) is 0 Å². The molecule has 4 aromatic rings. The van der Waals surface area contributed by atoms with E-state index >= 15 is 0 Å². The number of fused-ring (bicyclic) bond motifs is 1. The fourth-order valence-electron chi connectivity index (χ4n) is 3.16. The molecule has 6 heteroatoms. The standard InChI is InChI=1S/C25H23BrN2O3/c1-16-4-13-21-22(14-16)30-23(28-21)18-7-5-17(6-8-18)15-27-24(29)25(2,3)31-20-11-9-19(26)10-12-20/h4-14H,15H2,1-3H3,(H,27,29). The Bertz CT molecular complexity index is 1210. The van der Waals surface area contributed by atoms with Crippen molar-refractivity contribution < 1.29 is 13.9 Å². The number of nitrogens with zero attached hydrogens (tertiary/aromatic N) is 1. The first-order chi connectivity index (χ1) is 14.8. The minimum Gasteiger partial charge on any atom is -0.478 e. The maximum absolute atomic E-state index is 12.7. The van der Waals surface area contributed by atoms with Gasteiger partial charge in [0.05, 0.1) is 0 Å². The monoisotopic (exact) mass is 478 g/mol. The summed E-state index contributed by atoms with van der Waals surface area (Å²) in [6.07, 6.45) is 0. The number of benzene rings is 3. The fourth-order valence-corrected chi connectivity index (χ4v) is 3.42. The van der Waals surface area contributed by atoms with E-state index in [1.54, 1.807) is 13.8 Å². The molecule has 0 radical (unpaired) electrons. The first-order valence-corrected chi connectivity index (χ1v) is 10.8. The van der Waals surface area contributed by atoms with Gasteiger partial charge in [-0.15, -0.1) is 0 Å². The lowest BCUT2D eigenvalue weighted by molar-refractivity contribution is -0.134. The van der Waals surface area contributed by atoms with Crippen molar-refractivity contribution in [3.05, 3.63) is 82.3 Å². The number of ether oxygens (including phenoxy) is 1. The van der Waals surface area contributed by atoms with Crippen LogP contribution in [0, 0.1) is 6.92 Å². The number of hydrogen-bond acceptors (Lipinski definition) is 4. The van der Waals surface area contributed by atoms with Crippen molar-refractivity contribution in [3.63, 3.8) is 0 Å². The van der Waals surface area contributed by atoms with Crippen LogP contribution in [0.15, 0.2) is 75.6 Å². The molecule has 0 unspecified atom stereocenters. The zero-order valence-corrected chi connectivity index (χ0v) is 19.2. The molecule has 0 fully saturated rings. The van der Waals surface area contributed by atoms with Gasteiger partial charge >= 0.3 is 0 Å². The number of aryl methyl sites for hydroxylation is 1. The van der Waals surface area contributed by atoms with Crippen LogP contribution >= 0.6 is 15.9 Å². The highest BCUT2D eigenvalue weighted by Gasteiger charge is 2.29. The number of oxazole rings is 1. The molecule has 0 atom stereocenters. The summed E-state index contributed by atoms with van der Waals surface area (Å²) in [5.74, 6) is 1.04. The zero-order valence-electron chi connectivity index (χ0n) is 17.6. The molecule has 0 aliphatic carbocycles. The van der Waals surface area contributed by atoms with Crippen LogP contribution in [0.3, 0.4) is 0 Å².